The van der Waals surface area contributed by atoms with E-state index in [1.54, 1.807) is 55.6 Å². The molecule has 132 valence electrons. The fourth-order valence-corrected chi connectivity index (χ4v) is 2.73. The minimum atomic E-state index is -0.536. The largest absolute Gasteiger partial charge is 0.465 e. The number of ether oxygens (including phenoxy) is 1. The van der Waals surface area contributed by atoms with Gasteiger partial charge in [0.05, 0.1) is 35.9 Å². The maximum absolute atomic E-state index is 12.5. The Labute approximate surface area is 149 Å². The molecule has 1 heterocycles. The topological polar surface area (TPSA) is 90.3 Å². The molecule has 3 aromatic rings. The van der Waals surface area contributed by atoms with E-state index in [-0.39, 0.29) is 23.5 Å². The lowest BCUT2D eigenvalue weighted by atomic mass is 10.1. The van der Waals surface area contributed by atoms with Crippen molar-refractivity contribution in [3.63, 3.8) is 0 Å². The maximum Gasteiger partial charge on any atom is 0.339 e. The van der Waals surface area contributed by atoms with Crippen LogP contribution in [0.4, 0.5) is 5.69 Å². The molecule has 0 aliphatic carbocycles. The number of aryl methyl sites for hydroxylation is 1. The molecule has 0 aliphatic rings. The van der Waals surface area contributed by atoms with Crippen molar-refractivity contribution in [1.29, 1.82) is 0 Å². The lowest BCUT2D eigenvalue weighted by molar-refractivity contribution is -0.115. The number of anilines is 1. The quantitative estimate of drug-likeness (QED) is 0.725. The van der Waals surface area contributed by atoms with Gasteiger partial charge in [0.1, 0.15) is 0 Å². The summed E-state index contributed by atoms with van der Waals surface area (Å²) in [5.41, 5.74) is 0.886. The fourth-order valence-electron chi connectivity index (χ4n) is 2.73. The molecule has 0 saturated carbocycles. The van der Waals surface area contributed by atoms with Crippen molar-refractivity contribution in [1.82, 2.24) is 9.78 Å². The lowest BCUT2D eigenvalue weighted by Crippen LogP contribution is -2.24. The Morgan fingerprint density at radius 3 is 2.46 bits per heavy atom. The summed E-state index contributed by atoms with van der Waals surface area (Å²) in [5.74, 6) is -0.885. The lowest BCUT2D eigenvalue weighted by Gasteiger charge is -2.11. The van der Waals surface area contributed by atoms with Crippen LogP contribution in [-0.4, -0.2) is 28.8 Å². The molecule has 7 nitrogen and oxygen atoms in total. The number of methoxy groups -OCH3 is 1. The molecule has 1 amide bonds. The molecule has 0 radical (unpaired) electrons. The van der Waals surface area contributed by atoms with E-state index in [4.69, 9.17) is 4.74 Å². The highest BCUT2D eigenvalue weighted by atomic mass is 16.5. The smallest absolute Gasteiger partial charge is 0.339 e. The number of fused-ring (bicyclic) bond motifs is 1. The molecular formula is C19H17N3O4. The third-order valence-electron chi connectivity index (χ3n) is 3.97. The van der Waals surface area contributed by atoms with Crippen molar-refractivity contribution in [2.24, 2.45) is 7.05 Å². The van der Waals surface area contributed by atoms with Crippen LogP contribution in [0.25, 0.3) is 10.8 Å². The zero-order valence-corrected chi connectivity index (χ0v) is 14.4. The average Bonchev–Trinajstić information content (AvgIpc) is 2.65. The van der Waals surface area contributed by atoms with Gasteiger partial charge in [-0.1, -0.05) is 30.3 Å². The van der Waals surface area contributed by atoms with Crippen LogP contribution >= 0.6 is 0 Å². The first-order chi connectivity index (χ1) is 12.5. The third kappa shape index (κ3) is 3.32. The highest BCUT2D eigenvalue weighted by Gasteiger charge is 2.16. The van der Waals surface area contributed by atoms with Gasteiger partial charge in [-0.05, 0) is 18.2 Å². The van der Waals surface area contributed by atoms with Crippen LogP contribution in [0.1, 0.15) is 16.1 Å². The summed E-state index contributed by atoms with van der Waals surface area (Å²) in [6.45, 7) is 0. The van der Waals surface area contributed by atoms with E-state index in [2.05, 4.69) is 10.4 Å². The molecule has 0 atom stereocenters. The zero-order valence-electron chi connectivity index (χ0n) is 14.4. The SMILES string of the molecule is COC(=O)c1ccccc1NC(=O)Cc1nn(C)c(=O)c2ccccc12. The second-order valence-corrected chi connectivity index (χ2v) is 5.68. The van der Waals surface area contributed by atoms with Crippen LogP contribution in [0.3, 0.4) is 0 Å². The molecule has 0 fully saturated rings. The first-order valence-electron chi connectivity index (χ1n) is 7.93. The Balaban J connectivity index is 1.91. The van der Waals surface area contributed by atoms with Crippen LogP contribution in [0, 0.1) is 0 Å². The normalized spacial score (nSPS) is 10.5. The van der Waals surface area contributed by atoms with Crippen molar-refractivity contribution in [2.45, 2.75) is 6.42 Å². The van der Waals surface area contributed by atoms with Crippen molar-refractivity contribution in [2.75, 3.05) is 12.4 Å². The van der Waals surface area contributed by atoms with E-state index >= 15 is 0 Å². The maximum atomic E-state index is 12.5. The summed E-state index contributed by atoms with van der Waals surface area (Å²) >= 11 is 0. The number of carbonyl (C=O) groups excluding carboxylic acids is 2. The monoisotopic (exact) mass is 351 g/mol. The van der Waals surface area contributed by atoms with Gasteiger partial charge in [-0.2, -0.15) is 5.10 Å². The molecule has 0 aliphatic heterocycles. The van der Waals surface area contributed by atoms with E-state index in [0.29, 0.717) is 22.2 Å². The Kier molecular flexibility index (Phi) is 4.79. The summed E-state index contributed by atoms with van der Waals surface area (Å²) in [7, 11) is 2.82. The zero-order chi connectivity index (χ0) is 18.7. The number of hydrogen-bond donors (Lipinski definition) is 1. The van der Waals surface area contributed by atoms with E-state index in [1.807, 2.05) is 0 Å². The standard InChI is InChI=1S/C19H17N3O4/c1-22-18(24)13-8-4-3-7-12(13)16(21-22)11-17(23)20-15-10-6-5-9-14(15)19(25)26-2/h3-10H,11H2,1-2H3,(H,20,23). The van der Waals surface area contributed by atoms with Crippen molar-refractivity contribution >= 4 is 28.3 Å². The highest BCUT2D eigenvalue weighted by Crippen LogP contribution is 2.18. The van der Waals surface area contributed by atoms with Gasteiger partial charge in [-0.15, -0.1) is 0 Å². The van der Waals surface area contributed by atoms with Gasteiger partial charge in [0.25, 0.3) is 5.56 Å². The van der Waals surface area contributed by atoms with Crippen molar-refractivity contribution in [3.05, 3.63) is 70.1 Å². The van der Waals surface area contributed by atoms with Crippen LogP contribution < -0.4 is 10.9 Å². The minimum absolute atomic E-state index is 0.0376. The molecule has 1 N–H and O–H groups in total. The number of para-hydroxylation sites is 1. The number of carbonyl (C=O) groups is 2. The van der Waals surface area contributed by atoms with Gasteiger partial charge in [0.15, 0.2) is 0 Å². The summed E-state index contributed by atoms with van der Waals surface area (Å²) < 4.78 is 5.94. The van der Waals surface area contributed by atoms with E-state index in [0.717, 1.165) is 0 Å². The predicted octanol–water partition coefficient (Wildman–Crippen LogP) is 1.90. The van der Waals surface area contributed by atoms with Crippen LogP contribution in [0.15, 0.2) is 53.3 Å². The summed E-state index contributed by atoms with van der Waals surface area (Å²) in [5, 5.41) is 8.05. The molecule has 3 rings (SSSR count). The predicted molar refractivity (Wildman–Crippen MR) is 97.1 cm³/mol. The van der Waals surface area contributed by atoms with E-state index in [9.17, 15) is 14.4 Å². The molecule has 0 spiro atoms. The molecule has 0 bridgehead atoms. The second kappa shape index (κ2) is 7.18. The molecule has 0 saturated heterocycles. The Hall–Kier alpha value is -3.48. The number of benzene rings is 2. The Morgan fingerprint density at radius 2 is 1.73 bits per heavy atom. The number of esters is 1. The van der Waals surface area contributed by atoms with Crippen molar-refractivity contribution in [3.8, 4) is 0 Å². The second-order valence-electron chi connectivity index (χ2n) is 5.68. The van der Waals surface area contributed by atoms with Gasteiger partial charge in [0.2, 0.25) is 5.91 Å². The van der Waals surface area contributed by atoms with Crippen molar-refractivity contribution < 1.29 is 14.3 Å². The Bertz CT molecular complexity index is 1060. The number of rotatable bonds is 4. The van der Waals surface area contributed by atoms with E-state index < -0.39 is 5.97 Å². The number of nitrogens with zero attached hydrogens (tertiary/aromatic N) is 2. The number of aromatic nitrogens is 2. The molecule has 0 unspecified atom stereocenters. The van der Waals surface area contributed by atoms with E-state index in [1.165, 1.54) is 11.8 Å². The van der Waals surface area contributed by atoms with Gasteiger partial charge in [-0.25, -0.2) is 9.48 Å². The van der Waals surface area contributed by atoms with Gasteiger partial charge >= 0.3 is 5.97 Å². The summed E-state index contributed by atoms with van der Waals surface area (Å²) in [6.07, 6.45) is -0.0376. The van der Waals surface area contributed by atoms with Gasteiger partial charge in [0, 0.05) is 12.4 Å². The van der Waals surface area contributed by atoms with Crippen LogP contribution in [-0.2, 0) is 23.0 Å². The number of nitrogens with one attached hydrogen (secondary N) is 1. The number of hydrogen-bond acceptors (Lipinski definition) is 5. The third-order valence-corrected chi connectivity index (χ3v) is 3.97. The number of amides is 1. The highest BCUT2D eigenvalue weighted by molar-refractivity contribution is 6.02. The first kappa shape index (κ1) is 17.3. The summed E-state index contributed by atoms with van der Waals surface area (Å²) in [4.78, 5) is 36.5. The first-order valence-corrected chi connectivity index (χ1v) is 7.93. The molecule has 2 aromatic carbocycles. The fraction of sp³-hybridized carbons (Fsp3) is 0.158. The molecule has 26 heavy (non-hydrogen) atoms. The van der Waals surface area contributed by atoms with Gasteiger partial charge in [-0.3, -0.25) is 9.59 Å². The molecule has 1 aromatic heterocycles. The average molecular weight is 351 g/mol. The summed E-state index contributed by atoms with van der Waals surface area (Å²) in [6, 6.07) is 13.6. The van der Waals surface area contributed by atoms with Crippen LogP contribution in [0.5, 0.6) is 0 Å². The van der Waals surface area contributed by atoms with Crippen LogP contribution in [0.2, 0.25) is 0 Å². The molecule has 7 heteroatoms. The van der Waals surface area contributed by atoms with Gasteiger partial charge < -0.3 is 10.1 Å². The Morgan fingerprint density at radius 1 is 1.08 bits per heavy atom. The molecular weight excluding hydrogens is 334 g/mol. The minimum Gasteiger partial charge on any atom is -0.465 e.